The van der Waals surface area contributed by atoms with Gasteiger partial charge in [-0.15, -0.1) is 0 Å². The molecule has 2 aromatic carbocycles. The van der Waals surface area contributed by atoms with Gasteiger partial charge in [0.2, 0.25) is 0 Å². The quantitative estimate of drug-likeness (QED) is 0.753. The molecule has 0 aromatic heterocycles. The van der Waals surface area contributed by atoms with Gasteiger partial charge in [0.15, 0.2) is 6.10 Å². The number of hydrogen-bond acceptors (Lipinski definition) is 5. The molecular weight excluding hydrogens is 370 g/mol. The van der Waals surface area contributed by atoms with E-state index in [1.807, 2.05) is 57.2 Å². The largest absolute Gasteiger partial charge is 0.497 e. The SMILES string of the molecule is CC[C@H](Oc1cccc(OC)c1)C(=O)N[C@@H]1CC(C)(C)Oc2cc(OC)ccc21. The molecule has 6 heteroatoms. The molecule has 0 radical (unpaired) electrons. The highest BCUT2D eigenvalue weighted by molar-refractivity contribution is 5.81. The molecule has 0 saturated heterocycles. The van der Waals surface area contributed by atoms with Crippen LogP contribution < -0.4 is 24.3 Å². The molecule has 0 unspecified atom stereocenters. The molecule has 0 aliphatic carbocycles. The summed E-state index contributed by atoms with van der Waals surface area (Å²) in [5.74, 6) is 2.59. The highest BCUT2D eigenvalue weighted by Gasteiger charge is 2.36. The van der Waals surface area contributed by atoms with Crippen molar-refractivity contribution in [3.63, 3.8) is 0 Å². The van der Waals surface area contributed by atoms with Crippen LogP contribution in [-0.2, 0) is 4.79 Å². The number of rotatable bonds is 7. The molecule has 1 aliphatic rings. The molecule has 2 atom stereocenters. The normalized spacial score (nSPS) is 18.0. The second-order valence-corrected chi connectivity index (χ2v) is 7.72. The second kappa shape index (κ2) is 8.64. The Morgan fingerprint density at radius 3 is 2.52 bits per heavy atom. The lowest BCUT2D eigenvalue weighted by molar-refractivity contribution is -0.129. The fourth-order valence-electron chi connectivity index (χ4n) is 3.51. The lowest BCUT2D eigenvalue weighted by Gasteiger charge is -2.38. The van der Waals surface area contributed by atoms with E-state index in [-0.39, 0.29) is 11.9 Å². The summed E-state index contributed by atoms with van der Waals surface area (Å²) in [4.78, 5) is 13.0. The zero-order valence-electron chi connectivity index (χ0n) is 17.7. The van der Waals surface area contributed by atoms with Crippen LogP contribution in [0.3, 0.4) is 0 Å². The lowest BCUT2D eigenvalue weighted by Crippen LogP contribution is -2.45. The summed E-state index contributed by atoms with van der Waals surface area (Å²) in [5.41, 5.74) is 0.530. The Kier molecular flexibility index (Phi) is 6.20. The summed E-state index contributed by atoms with van der Waals surface area (Å²) in [5, 5.41) is 3.15. The van der Waals surface area contributed by atoms with Crippen LogP contribution >= 0.6 is 0 Å². The predicted molar refractivity (Wildman–Crippen MR) is 111 cm³/mol. The molecule has 1 amide bonds. The predicted octanol–water partition coefficient (Wildman–Crippen LogP) is 4.28. The van der Waals surface area contributed by atoms with Gasteiger partial charge in [-0.05, 0) is 44.5 Å². The van der Waals surface area contributed by atoms with Gasteiger partial charge < -0.3 is 24.3 Å². The van der Waals surface area contributed by atoms with Crippen LogP contribution in [0.15, 0.2) is 42.5 Å². The Labute approximate surface area is 172 Å². The molecule has 1 aliphatic heterocycles. The topological polar surface area (TPSA) is 66.0 Å². The van der Waals surface area contributed by atoms with Crippen molar-refractivity contribution in [1.82, 2.24) is 5.32 Å². The summed E-state index contributed by atoms with van der Waals surface area (Å²) in [6, 6.07) is 12.8. The number of methoxy groups -OCH3 is 2. The average Bonchev–Trinajstić information content (AvgIpc) is 2.70. The first-order valence-corrected chi connectivity index (χ1v) is 9.83. The first-order valence-electron chi connectivity index (χ1n) is 9.83. The lowest BCUT2D eigenvalue weighted by atomic mass is 9.89. The molecule has 3 rings (SSSR count). The smallest absolute Gasteiger partial charge is 0.261 e. The number of nitrogens with one attached hydrogen (secondary N) is 1. The van der Waals surface area contributed by atoms with E-state index in [0.717, 1.165) is 17.1 Å². The van der Waals surface area contributed by atoms with Crippen molar-refractivity contribution >= 4 is 5.91 Å². The van der Waals surface area contributed by atoms with Crippen molar-refractivity contribution in [2.24, 2.45) is 0 Å². The molecule has 1 heterocycles. The number of hydrogen-bond donors (Lipinski definition) is 1. The third-order valence-electron chi connectivity index (χ3n) is 4.98. The van der Waals surface area contributed by atoms with Crippen LogP contribution in [0.2, 0.25) is 0 Å². The third kappa shape index (κ3) is 4.94. The highest BCUT2D eigenvalue weighted by Crippen LogP contribution is 2.41. The first-order chi connectivity index (χ1) is 13.8. The van der Waals surface area contributed by atoms with Gasteiger partial charge >= 0.3 is 0 Å². The molecule has 156 valence electrons. The van der Waals surface area contributed by atoms with Gasteiger partial charge in [-0.25, -0.2) is 0 Å². The van der Waals surface area contributed by atoms with E-state index in [0.29, 0.717) is 24.3 Å². The van der Waals surface area contributed by atoms with Crippen molar-refractivity contribution in [3.05, 3.63) is 48.0 Å². The van der Waals surface area contributed by atoms with E-state index in [1.54, 1.807) is 20.3 Å². The van der Waals surface area contributed by atoms with E-state index >= 15 is 0 Å². The van der Waals surface area contributed by atoms with E-state index in [4.69, 9.17) is 18.9 Å². The molecule has 0 spiro atoms. The van der Waals surface area contributed by atoms with E-state index < -0.39 is 11.7 Å². The first kappa shape index (κ1) is 20.8. The summed E-state index contributed by atoms with van der Waals surface area (Å²) in [7, 11) is 3.22. The Bertz CT molecular complexity index is 864. The van der Waals surface area contributed by atoms with Crippen molar-refractivity contribution in [3.8, 4) is 23.0 Å². The molecular formula is C23H29NO5. The van der Waals surface area contributed by atoms with Crippen LogP contribution in [-0.4, -0.2) is 31.8 Å². The van der Waals surface area contributed by atoms with E-state index in [2.05, 4.69) is 5.32 Å². The molecule has 6 nitrogen and oxygen atoms in total. The van der Waals surface area contributed by atoms with Crippen LogP contribution in [0.4, 0.5) is 0 Å². The standard InChI is InChI=1S/C23H29NO5/c1-6-20(28-17-9-7-8-15(12-17)26-4)22(25)24-19-14-23(2,3)29-21-13-16(27-5)10-11-18(19)21/h7-13,19-20H,6,14H2,1-5H3,(H,24,25)/t19-,20+/m1/s1. The van der Waals surface area contributed by atoms with Crippen LogP contribution in [0, 0.1) is 0 Å². The monoisotopic (exact) mass is 399 g/mol. The van der Waals surface area contributed by atoms with E-state index in [1.165, 1.54) is 0 Å². The van der Waals surface area contributed by atoms with Crippen molar-refractivity contribution in [2.45, 2.75) is 51.4 Å². The van der Waals surface area contributed by atoms with E-state index in [9.17, 15) is 4.79 Å². The van der Waals surface area contributed by atoms with Crippen LogP contribution in [0.5, 0.6) is 23.0 Å². The maximum atomic E-state index is 13.0. The Hall–Kier alpha value is -2.89. The van der Waals surface area contributed by atoms with Gasteiger partial charge in [-0.1, -0.05) is 13.0 Å². The maximum absolute atomic E-state index is 13.0. The summed E-state index contributed by atoms with van der Waals surface area (Å²) in [6.45, 7) is 5.95. The number of benzene rings is 2. The Morgan fingerprint density at radius 2 is 1.83 bits per heavy atom. The van der Waals surface area contributed by atoms with Gasteiger partial charge in [0.05, 0.1) is 20.3 Å². The molecule has 2 aromatic rings. The number of carbonyl (C=O) groups excluding carboxylic acids is 1. The summed E-state index contributed by atoms with van der Waals surface area (Å²) >= 11 is 0. The van der Waals surface area contributed by atoms with Gasteiger partial charge in [0.25, 0.3) is 5.91 Å². The third-order valence-corrected chi connectivity index (χ3v) is 4.98. The Morgan fingerprint density at radius 1 is 1.14 bits per heavy atom. The molecule has 0 fully saturated rings. The minimum absolute atomic E-state index is 0.153. The van der Waals surface area contributed by atoms with Gasteiger partial charge in [0, 0.05) is 24.1 Å². The fourth-order valence-corrected chi connectivity index (χ4v) is 3.51. The van der Waals surface area contributed by atoms with Crippen molar-refractivity contribution in [1.29, 1.82) is 0 Å². The Balaban J connectivity index is 1.77. The second-order valence-electron chi connectivity index (χ2n) is 7.72. The van der Waals surface area contributed by atoms with Crippen LogP contribution in [0.1, 0.15) is 45.2 Å². The fraction of sp³-hybridized carbons (Fsp3) is 0.435. The number of carbonyl (C=O) groups is 1. The van der Waals surface area contributed by atoms with Crippen molar-refractivity contribution in [2.75, 3.05) is 14.2 Å². The van der Waals surface area contributed by atoms with Gasteiger partial charge in [-0.2, -0.15) is 0 Å². The minimum atomic E-state index is -0.602. The average molecular weight is 399 g/mol. The minimum Gasteiger partial charge on any atom is -0.497 e. The molecule has 29 heavy (non-hydrogen) atoms. The zero-order chi connectivity index (χ0) is 21.0. The molecule has 0 bridgehead atoms. The molecule has 0 saturated carbocycles. The van der Waals surface area contributed by atoms with Crippen LogP contribution in [0.25, 0.3) is 0 Å². The summed E-state index contributed by atoms with van der Waals surface area (Å²) < 4.78 is 22.6. The molecule has 1 N–H and O–H groups in total. The van der Waals surface area contributed by atoms with Gasteiger partial charge in [-0.3, -0.25) is 4.79 Å². The number of fused-ring (bicyclic) bond motifs is 1. The highest BCUT2D eigenvalue weighted by atomic mass is 16.5. The zero-order valence-corrected chi connectivity index (χ0v) is 17.7. The van der Waals surface area contributed by atoms with Crippen molar-refractivity contribution < 1.29 is 23.7 Å². The van der Waals surface area contributed by atoms with Gasteiger partial charge in [0.1, 0.15) is 28.6 Å². The summed E-state index contributed by atoms with van der Waals surface area (Å²) in [6.07, 6.45) is 0.605. The number of amides is 1. The number of ether oxygens (including phenoxy) is 4. The maximum Gasteiger partial charge on any atom is 0.261 e.